The van der Waals surface area contributed by atoms with Gasteiger partial charge in [0.15, 0.2) is 5.82 Å². The highest BCUT2D eigenvalue weighted by molar-refractivity contribution is 5.95. The highest BCUT2D eigenvalue weighted by atomic mass is 19.1. The summed E-state index contributed by atoms with van der Waals surface area (Å²) in [7, 11) is 1.66. The van der Waals surface area contributed by atoms with Crippen LogP contribution in [-0.4, -0.2) is 31.6 Å². The summed E-state index contributed by atoms with van der Waals surface area (Å²) in [6.45, 7) is 0. The zero-order valence-electron chi connectivity index (χ0n) is 15.9. The number of H-pyrrole nitrogens is 1. The summed E-state index contributed by atoms with van der Waals surface area (Å²) in [6.07, 6.45) is 4.01. The van der Waals surface area contributed by atoms with E-state index in [0.29, 0.717) is 23.5 Å². The Labute approximate surface area is 166 Å². The number of nitrogens with zero attached hydrogens (tertiary/aromatic N) is 3. The molecule has 0 saturated carbocycles. The van der Waals surface area contributed by atoms with Crippen molar-refractivity contribution in [2.24, 2.45) is 7.05 Å². The lowest BCUT2D eigenvalue weighted by Gasteiger charge is -2.35. The summed E-state index contributed by atoms with van der Waals surface area (Å²) >= 11 is 0. The van der Waals surface area contributed by atoms with E-state index in [1.807, 2.05) is 4.90 Å². The van der Waals surface area contributed by atoms with Gasteiger partial charge < -0.3 is 14.8 Å². The van der Waals surface area contributed by atoms with Crippen molar-refractivity contribution in [3.63, 3.8) is 0 Å². The standard InChI is InChI=1S/C21H20FN5O2/c1-26-8-7-12(9-18(26)28)21(29)27-15-5-6-17(27)19-16(11-15)24-25-20(19)23-14-4-2-3-13(22)10-14/h2-4,7-10,15,17H,5-6,11H2,1H3,(H2,23,24,25)/t15-,17-/m0/s1. The molecule has 2 aliphatic rings. The van der Waals surface area contributed by atoms with Crippen LogP contribution >= 0.6 is 0 Å². The van der Waals surface area contributed by atoms with Gasteiger partial charge in [0, 0.05) is 54.3 Å². The number of fused-ring (bicyclic) bond motifs is 4. The number of rotatable bonds is 3. The summed E-state index contributed by atoms with van der Waals surface area (Å²) in [5.41, 5.74) is 2.74. The number of aryl methyl sites for hydroxylation is 1. The Bertz CT molecular complexity index is 1170. The highest BCUT2D eigenvalue weighted by Gasteiger charge is 2.45. The second-order valence-corrected chi connectivity index (χ2v) is 7.63. The van der Waals surface area contributed by atoms with Gasteiger partial charge in [-0.05, 0) is 37.1 Å². The first-order valence-electron chi connectivity index (χ1n) is 9.60. The Morgan fingerprint density at radius 2 is 2.14 bits per heavy atom. The van der Waals surface area contributed by atoms with Crippen LogP contribution < -0.4 is 10.9 Å². The molecule has 1 fully saturated rings. The van der Waals surface area contributed by atoms with Gasteiger partial charge in [-0.3, -0.25) is 14.7 Å². The van der Waals surface area contributed by atoms with Gasteiger partial charge in [0.25, 0.3) is 11.5 Å². The fourth-order valence-electron chi connectivity index (χ4n) is 4.44. The highest BCUT2D eigenvalue weighted by Crippen LogP contribution is 2.46. The first-order valence-corrected chi connectivity index (χ1v) is 9.60. The maximum Gasteiger partial charge on any atom is 0.254 e. The van der Waals surface area contributed by atoms with Gasteiger partial charge >= 0.3 is 0 Å². The maximum atomic E-state index is 13.6. The third-order valence-corrected chi connectivity index (χ3v) is 5.83. The zero-order chi connectivity index (χ0) is 20.1. The number of anilines is 2. The van der Waals surface area contributed by atoms with Crippen molar-refractivity contribution in [1.82, 2.24) is 19.7 Å². The molecule has 8 heteroatoms. The Hall–Kier alpha value is -3.42. The van der Waals surface area contributed by atoms with Crippen LogP contribution in [0.1, 0.15) is 40.5 Å². The quantitative estimate of drug-likeness (QED) is 0.717. The van der Waals surface area contributed by atoms with Gasteiger partial charge in [-0.25, -0.2) is 4.39 Å². The number of halogens is 1. The molecule has 148 valence electrons. The number of carbonyl (C=O) groups is 1. The smallest absolute Gasteiger partial charge is 0.254 e. The Balaban J connectivity index is 1.49. The first kappa shape index (κ1) is 17.7. The van der Waals surface area contributed by atoms with Crippen LogP contribution in [0.2, 0.25) is 0 Å². The van der Waals surface area contributed by atoms with Crippen LogP contribution in [0, 0.1) is 5.82 Å². The number of carbonyl (C=O) groups excluding carboxylic acids is 1. The molecule has 4 heterocycles. The van der Waals surface area contributed by atoms with E-state index in [-0.39, 0.29) is 29.4 Å². The first-order chi connectivity index (χ1) is 14.0. The van der Waals surface area contributed by atoms with Crippen molar-refractivity contribution in [1.29, 1.82) is 0 Å². The zero-order valence-corrected chi connectivity index (χ0v) is 15.9. The molecule has 2 N–H and O–H groups in total. The molecule has 0 unspecified atom stereocenters. The van der Waals surface area contributed by atoms with Crippen LogP contribution in [0.4, 0.5) is 15.9 Å². The molecule has 1 amide bonds. The van der Waals surface area contributed by atoms with E-state index in [9.17, 15) is 14.0 Å². The van der Waals surface area contributed by atoms with Crippen LogP contribution in [0.15, 0.2) is 47.4 Å². The topological polar surface area (TPSA) is 83.0 Å². The van der Waals surface area contributed by atoms with Gasteiger partial charge in [0.05, 0.1) is 6.04 Å². The number of amides is 1. The Morgan fingerprint density at radius 3 is 2.93 bits per heavy atom. The van der Waals surface area contributed by atoms with E-state index in [4.69, 9.17) is 0 Å². The number of nitrogens with one attached hydrogen (secondary N) is 2. The number of benzene rings is 1. The monoisotopic (exact) mass is 393 g/mol. The third-order valence-electron chi connectivity index (χ3n) is 5.83. The molecular weight excluding hydrogens is 373 g/mol. The van der Waals surface area contributed by atoms with E-state index in [2.05, 4.69) is 15.5 Å². The van der Waals surface area contributed by atoms with Gasteiger partial charge in [-0.1, -0.05) is 6.07 Å². The van der Waals surface area contributed by atoms with Crippen LogP contribution in [0.25, 0.3) is 0 Å². The predicted octanol–water partition coefficient (Wildman–Crippen LogP) is 2.89. The van der Waals surface area contributed by atoms with E-state index in [0.717, 1.165) is 24.1 Å². The molecule has 3 aromatic rings. The molecule has 0 aliphatic carbocycles. The number of aromatic nitrogens is 3. The minimum Gasteiger partial charge on any atom is -0.338 e. The lowest BCUT2D eigenvalue weighted by atomic mass is 9.98. The van der Waals surface area contributed by atoms with Crippen LogP contribution in [-0.2, 0) is 13.5 Å². The molecule has 1 saturated heterocycles. The molecule has 2 aromatic heterocycles. The van der Waals surface area contributed by atoms with E-state index >= 15 is 0 Å². The minimum absolute atomic E-state index is 0.0755. The van der Waals surface area contributed by atoms with E-state index in [1.165, 1.54) is 22.8 Å². The second-order valence-electron chi connectivity index (χ2n) is 7.63. The van der Waals surface area contributed by atoms with Crippen molar-refractivity contribution in [2.45, 2.75) is 31.3 Å². The van der Waals surface area contributed by atoms with Crippen molar-refractivity contribution in [3.05, 3.63) is 75.6 Å². The molecule has 29 heavy (non-hydrogen) atoms. The van der Waals surface area contributed by atoms with Crippen molar-refractivity contribution in [3.8, 4) is 0 Å². The lowest BCUT2D eigenvalue weighted by Crippen LogP contribution is -2.42. The van der Waals surface area contributed by atoms with Crippen molar-refractivity contribution >= 4 is 17.4 Å². The average molecular weight is 393 g/mol. The fourth-order valence-corrected chi connectivity index (χ4v) is 4.44. The summed E-state index contributed by atoms with van der Waals surface area (Å²) < 4.78 is 15.0. The molecule has 2 atom stereocenters. The Morgan fingerprint density at radius 1 is 1.28 bits per heavy atom. The number of pyridine rings is 1. The van der Waals surface area contributed by atoms with Gasteiger partial charge in [-0.2, -0.15) is 5.10 Å². The Kier molecular flexibility index (Phi) is 4.01. The van der Waals surface area contributed by atoms with Crippen molar-refractivity contribution < 1.29 is 9.18 Å². The van der Waals surface area contributed by atoms with Crippen LogP contribution in [0.5, 0.6) is 0 Å². The fraction of sp³-hybridized carbons (Fsp3) is 0.286. The lowest BCUT2D eigenvalue weighted by molar-refractivity contribution is 0.0646. The summed E-state index contributed by atoms with van der Waals surface area (Å²) in [5.74, 6) is 0.138. The maximum absolute atomic E-state index is 13.6. The molecule has 1 aromatic carbocycles. The summed E-state index contributed by atoms with van der Waals surface area (Å²) in [4.78, 5) is 27.1. The number of hydrogen-bond acceptors (Lipinski definition) is 4. The summed E-state index contributed by atoms with van der Waals surface area (Å²) in [5, 5.41) is 10.6. The molecular formula is C21H20FN5O2. The molecule has 2 bridgehead atoms. The second kappa shape index (κ2) is 6.58. The summed E-state index contributed by atoms with van der Waals surface area (Å²) in [6, 6.07) is 9.21. The molecule has 7 nitrogen and oxygen atoms in total. The number of hydrogen-bond donors (Lipinski definition) is 2. The average Bonchev–Trinajstić information content (AvgIpc) is 3.23. The van der Waals surface area contributed by atoms with Gasteiger partial charge in [0.2, 0.25) is 0 Å². The molecule has 0 radical (unpaired) electrons. The normalized spacial score (nSPS) is 19.9. The number of aromatic amines is 1. The molecule has 5 rings (SSSR count). The van der Waals surface area contributed by atoms with Gasteiger partial charge in [-0.15, -0.1) is 0 Å². The van der Waals surface area contributed by atoms with Gasteiger partial charge in [0.1, 0.15) is 5.82 Å². The van der Waals surface area contributed by atoms with Crippen molar-refractivity contribution in [2.75, 3.05) is 5.32 Å². The predicted molar refractivity (Wildman–Crippen MR) is 106 cm³/mol. The largest absolute Gasteiger partial charge is 0.338 e. The third kappa shape index (κ3) is 2.91. The van der Waals surface area contributed by atoms with E-state index < -0.39 is 0 Å². The minimum atomic E-state index is -0.331. The van der Waals surface area contributed by atoms with Crippen LogP contribution in [0.3, 0.4) is 0 Å². The molecule has 0 spiro atoms. The van der Waals surface area contributed by atoms with E-state index in [1.54, 1.807) is 31.4 Å². The SMILES string of the molecule is Cn1ccc(C(=O)N2[C@H]3CC[C@H]2c2c(Nc4cccc(F)c4)n[nH]c2C3)cc1=O. The molecule has 2 aliphatic heterocycles.